The molecule has 6 nitrogen and oxygen atoms in total. The van der Waals surface area contributed by atoms with Crippen molar-refractivity contribution in [1.82, 2.24) is 14.8 Å². The topological polar surface area (TPSA) is 85.8 Å². The zero-order valence-corrected chi connectivity index (χ0v) is 16.6. The first-order valence-corrected chi connectivity index (χ1v) is 10.3. The minimum atomic E-state index is -0.339. The maximum absolute atomic E-state index is 13.2. The lowest BCUT2D eigenvalue weighted by Crippen LogP contribution is -2.33. The van der Waals surface area contributed by atoms with E-state index in [1.807, 2.05) is 30.3 Å². The molecule has 0 saturated heterocycles. The zero-order chi connectivity index (χ0) is 18.5. The summed E-state index contributed by atoms with van der Waals surface area (Å²) in [5.74, 6) is 1.10. The highest BCUT2D eigenvalue weighted by Gasteiger charge is 2.40. The second-order valence-corrected chi connectivity index (χ2v) is 8.56. The number of nitrogens with zero attached hydrogens (tertiary/aromatic N) is 3. The van der Waals surface area contributed by atoms with Crippen molar-refractivity contribution in [2.75, 3.05) is 11.1 Å². The Kier molecular flexibility index (Phi) is 3.91. The van der Waals surface area contributed by atoms with Crippen LogP contribution in [-0.4, -0.2) is 20.5 Å². The molecule has 2 atom stereocenters. The predicted molar refractivity (Wildman–Crippen MR) is 109 cm³/mol. The minimum absolute atomic E-state index is 0.141. The third-order valence-corrected chi connectivity index (χ3v) is 6.84. The number of ketones is 1. The molecule has 2 aliphatic rings. The molecule has 0 bridgehead atoms. The van der Waals surface area contributed by atoms with Crippen molar-refractivity contribution in [1.29, 1.82) is 0 Å². The smallest absolute Gasteiger partial charge is 0.241 e. The van der Waals surface area contributed by atoms with Crippen LogP contribution in [0.1, 0.15) is 35.2 Å². The first-order valence-electron chi connectivity index (χ1n) is 8.65. The van der Waals surface area contributed by atoms with E-state index in [1.54, 1.807) is 16.0 Å². The number of aromatic nitrogens is 3. The number of halogens is 1. The van der Waals surface area contributed by atoms with Crippen LogP contribution in [0.2, 0.25) is 0 Å². The maximum atomic E-state index is 13.2. The number of rotatable bonds is 2. The highest BCUT2D eigenvalue weighted by atomic mass is 79.9. The van der Waals surface area contributed by atoms with Crippen LogP contribution >= 0.6 is 27.3 Å². The van der Waals surface area contributed by atoms with Crippen LogP contribution in [0.15, 0.2) is 57.5 Å². The molecule has 5 rings (SSSR count). The SMILES string of the molecule is Nc1nc2n(n1)[C@@H](c1ccccc1Br)C1=C(C[C@@H](c3cccs3)CC1=O)N2. The fourth-order valence-corrected chi connectivity index (χ4v) is 5.27. The average molecular weight is 442 g/mol. The zero-order valence-electron chi connectivity index (χ0n) is 14.2. The number of hydrogen-bond donors (Lipinski definition) is 2. The number of nitrogen functional groups attached to an aromatic ring is 1. The van der Waals surface area contributed by atoms with E-state index in [0.29, 0.717) is 12.4 Å². The van der Waals surface area contributed by atoms with E-state index < -0.39 is 0 Å². The lowest BCUT2D eigenvalue weighted by molar-refractivity contribution is -0.116. The molecule has 8 heteroatoms. The van der Waals surface area contributed by atoms with E-state index in [2.05, 4.69) is 42.8 Å². The number of hydrogen-bond acceptors (Lipinski definition) is 6. The Morgan fingerprint density at radius 3 is 2.85 bits per heavy atom. The van der Waals surface area contributed by atoms with Gasteiger partial charge in [-0.1, -0.05) is 40.2 Å². The Morgan fingerprint density at radius 2 is 2.07 bits per heavy atom. The number of carbonyl (C=O) groups is 1. The van der Waals surface area contributed by atoms with Crippen molar-refractivity contribution in [2.45, 2.75) is 24.8 Å². The standard InChI is InChI=1S/C19H16BrN5OS/c20-12-5-2-1-4-11(12)17-16-13(22-19-23-18(21)24-25(17)19)8-10(9-14(16)26)15-6-3-7-27-15/h1-7,10,17H,8-9H2,(H3,21,22,23,24)/t10-,17+/m1/s1. The van der Waals surface area contributed by atoms with Gasteiger partial charge in [-0.15, -0.1) is 16.4 Å². The van der Waals surface area contributed by atoms with E-state index >= 15 is 0 Å². The number of nitrogens with two attached hydrogens (primary N) is 1. The molecule has 0 radical (unpaired) electrons. The molecule has 3 heterocycles. The van der Waals surface area contributed by atoms with Gasteiger partial charge in [0.25, 0.3) is 0 Å². The van der Waals surface area contributed by atoms with Gasteiger partial charge in [0.1, 0.15) is 6.04 Å². The predicted octanol–water partition coefficient (Wildman–Crippen LogP) is 4.10. The molecule has 0 saturated carbocycles. The van der Waals surface area contributed by atoms with E-state index in [4.69, 9.17) is 5.73 Å². The van der Waals surface area contributed by atoms with Crippen molar-refractivity contribution in [3.63, 3.8) is 0 Å². The van der Waals surface area contributed by atoms with Crippen LogP contribution in [0.5, 0.6) is 0 Å². The molecule has 0 amide bonds. The van der Waals surface area contributed by atoms with E-state index in [9.17, 15) is 4.79 Å². The molecule has 1 aromatic carbocycles. The first-order chi connectivity index (χ1) is 13.1. The summed E-state index contributed by atoms with van der Waals surface area (Å²) in [5, 5.41) is 9.73. The molecule has 27 heavy (non-hydrogen) atoms. The van der Waals surface area contributed by atoms with Crippen molar-refractivity contribution >= 4 is 44.9 Å². The molecule has 2 aromatic heterocycles. The van der Waals surface area contributed by atoms with Gasteiger partial charge >= 0.3 is 0 Å². The van der Waals surface area contributed by atoms with Crippen LogP contribution in [-0.2, 0) is 4.79 Å². The van der Waals surface area contributed by atoms with Crippen LogP contribution in [0.4, 0.5) is 11.9 Å². The van der Waals surface area contributed by atoms with Gasteiger partial charge in [-0.25, -0.2) is 4.68 Å². The fourth-order valence-electron chi connectivity index (χ4n) is 3.94. The highest BCUT2D eigenvalue weighted by molar-refractivity contribution is 9.10. The third kappa shape index (κ3) is 2.71. The average Bonchev–Trinajstić information content (AvgIpc) is 3.29. The normalized spacial score (nSPS) is 21.6. The molecule has 3 aromatic rings. The number of Topliss-reactive ketones (excluding diaryl/α,β-unsaturated/α-hetero) is 1. The lowest BCUT2D eigenvalue weighted by atomic mass is 9.80. The van der Waals surface area contributed by atoms with Gasteiger partial charge in [0.2, 0.25) is 11.9 Å². The molecule has 0 unspecified atom stereocenters. The summed E-state index contributed by atoms with van der Waals surface area (Å²) in [6.45, 7) is 0. The Hall–Kier alpha value is -2.45. The number of allylic oxidation sites excluding steroid dienone is 2. The van der Waals surface area contributed by atoms with Crippen molar-refractivity contribution in [3.8, 4) is 0 Å². The maximum Gasteiger partial charge on any atom is 0.241 e. The summed E-state index contributed by atoms with van der Waals surface area (Å²) < 4.78 is 2.65. The summed E-state index contributed by atoms with van der Waals surface area (Å²) in [4.78, 5) is 18.8. The monoisotopic (exact) mass is 441 g/mol. The molecular formula is C19H16BrN5OS. The Labute approximate surface area is 168 Å². The summed E-state index contributed by atoms with van der Waals surface area (Å²) in [7, 11) is 0. The fraction of sp³-hybridized carbons (Fsp3) is 0.211. The van der Waals surface area contributed by atoms with Gasteiger partial charge in [0, 0.05) is 33.0 Å². The quantitative estimate of drug-likeness (QED) is 0.624. The second kappa shape index (κ2) is 6.31. The van der Waals surface area contributed by atoms with E-state index in [-0.39, 0.29) is 23.7 Å². The molecule has 1 aliphatic carbocycles. The summed E-state index contributed by atoms with van der Waals surface area (Å²) >= 11 is 5.32. The molecular weight excluding hydrogens is 426 g/mol. The number of anilines is 2. The molecule has 1 aliphatic heterocycles. The molecule has 3 N–H and O–H groups in total. The Balaban J connectivity index is 1.66. The number of carbonyl (C=O) groups excluding carboxylic acids is 1. The van der Waals surface area contributed by atoms with E-state index in [1.165, 1.54) is 4.88 Å². The van der Waals surface area contributed by atoms with Crippen molar-refractivity contribution in [2.24, 2.45) is 0 Å². The van der Waals surface area contributed by atoms with Crippen LogP contribution in [0, 0.1) is 0 Å². The summed E-state index contributed by atoms with van der Waals surface area (Å²) in [6.07, 6.45) is 1.27. The number of benzene rings is 1. The number of nitrogens with one attached hydrogen (secondary N) is 1. The van der Waals surface area contributed by atoms with Gasteiger partial charge in [-0.05, 0) is 29.5 Å². The Bertz CT molecular complexity index is 1070. The van der Waals surface area contributed by atoms with Gasteiger partial charge in [-0.2, -0.15) is 4.98 Å². The first kappa shape index (κ1) is 16.7. The van der Waals surface area contributed by atoms with E-state index in [0.717, 1.165) is 27.7 Å². The highest BCUT2D eigenvalue weighted by Crippen LogP contribution is 2.45. The van der Waals surface area contributed by atoms with Gasteiger partial charge in [0.15, 0.2) is 5.78 Å². The largest absolute Gasteiger partial charge is 0.366 e. The van der Waals surface area contributed by atoms with Gasteiger partial charge in [0.05, 0.1) is 0 Å². The van der Waals surface area contributed by atoms with Crippen molar-refractivity contribution in [3.05, 3.63) is 68.0 Å². The van der Waals surface area contributed by atoms with Gasteiger partial charge < -0.3 is 11.1 Å². The van der Waals surface area contributed by atoms with Crippen LogP contribution in [0.25, 0.3) is 0 Å². The molecule has 0 fully saturated rings. The third-order valence-electron chi connectivity index (χ3n) is 5.08. The van der Waals surface area contributed by atoms with Crippen LogP contribution in [0.3, 0.4) is 0 Å². The summed E-state index contributed by atoms with van der Waals surface area (Å²) in [5.41, 5.74) is 8.52. The lowest BCUT2D eigenvalue weighted by Gasteiger charge is -2.35. The van der Waals surface area contributed by atoms with Crippen LogP contribution < -0.4 is 11.1 Å². The number of thiophene rings is 1. The summed E-state index contributed by atoms with van der Waals surface area (Å²) in [6, 6.07) is 11.7. The molecule has 136 valence electrons. The van der Waals surface area contributed by atoms with Gasteiger partial charge in [-0.3, -0.25) is 4.79 Å². The van der Waals surface area contributed by atoms with Crippen molar-refractivity contribution < 1.29 is 4.79 Å². The number of fused-ring (bicyclic) bond motifs is 1. The minimum Gasteiger partial charge on any atom is -0.366 e. The second-order valence-electron chi connectivity index (χ2n) is 6.72. The Morgan fingerprint density at radius 1 is 1.22 bits per heavy atom. The molecule has 0 spiro atoms.